The van der Waals surface area contributed by atoms with Crippen LogP contribution in [-0.2, 0) is 0 Å². The Hall–Kier alpha value is -2.76. The predicted molar refractivity (Wildman–Crippen MR) is 65.3 cm³/mol. The van der Waals surface area contributed by atoms with Crippen molar-refractivity contribution in [1.82, 2.24) is 4.98 Å². The molecule has 2 aromatic rings. The molecular weight excluding hydrogens is 234 g/mol. The van der Waals surface area contributed by atoms with Crippen LogP contribution >= 0.6 is 0 Å². The lowest BCUT2D eigenvalue weighted by Crippen LogP contribution is -2.11. The van der Waals surface area contributed by atoms with E-state index in [1.165, 1.54) is 36.7 Å². The van der Waals surface area contributed by atoms with Crippen LogP contribution in [0.2, 0.25) is 0 Å². The Bertz CT molecular complexity index is 567. The molecule has 2 rings (SSSR count). The number of nitro benzene ring substituents is 1. The van der Waals surface area contributed by atoms with E-state index in [9.17, 15) is 14.9 Å². The Labute approximate surface area is 102 Å². The number of nitrogens with zero attached hydrogens (tertiary/aromatic N) is 2. The number of hydrogen-bond donors (Lipinski definition) is 1. The van der Waals surface area contributed by atoms with Gasteiger partial charge < -0.3 is 5.32 Å². The summed E-state index contributed by atoms with van der Waals surface area (Å²) in [7, 11) is 0. The summed E-state index contributed by atoms with van der Waals surface area (Å²) < 4.78 is 0. The van der Waals surface area contributed by atoms with Crippen molar-refractivity contribution in [3.8, 4) is 0 Å². The van der Waals surface area contributed by atoms with Crippen molar-refractivity contribution in [2.45, 2.75) is 0 Å². The minimum atomic E-state index is -0.492. The second-order valence-corrected chi connectivity index (χ2v) is 3.49. The van der Waals surface area contributed by atoms with Gasteiger partial charge in [-0.05, 0) is 24.3 Å². The normalized spacial score (nSPS) is 9.78. The molecule has 1 aromatic carbocycles. The largest absolute Gasteiger partial charge is 0.322 e. The van der Waals surface area contributed by atoms with Crippen molar-refractivity contribution in [2.75, 3.05) is 5.32 Å². The maximum absolute atomic E-state index is 11.8. The highest BCUT2D eigenvalue weighted by atomic mass is 16.6. The Balaban J connectivity index is 2.10. The van der Waals surface area contributed by atoms with Gasteiger partial charge in [0, 0.05) is 35.8 Å². The second-order valence-electron chi connectivity index (χ2n) is 3.49. The summed E-state index contributed by atoms with van der Waals surface area (Å²) >= 11 is 0. The van der Waals surface area contributed by atoms with E-state index < -0.39 is 4.92 Å². The van der Waals surface area contributed by atoms with E-state index in [1.54, 1.807) is 12.1 Å². The van der Waals surface area contributed by atoms with Gasteiger partial charge in [-0.2, -0.15) is 0 Å². The van der Waals surface area contributed by atoms with Gasteiger partial charge in [-0.15, -0.1) is 0 Å². The zero-order valence-electron chi connectivity index (χ0n) is 9.24. The zero-order valence-corrected chi connectivity index (χ0v) is 9.24. The molecule has 0 bridgehead atoms. The molecule has 0 radical (unpaired) electrons. The van der Waals surface area contributed by atoms with Gasteiger partial charge >= 0.3 is 0 Å². The molecule has 0 atom stereocenters. The maximum Gasteiger partial charge on any atom is 0.269 e. The van der Waals surface area contributed by atoms with Gasteiger partial charge in [0.1, 0.15) is 0 Å². The summed E-state index contributed by atoms with van der Waals surface area (Å²) in [6, 6.07) is 8.81. The number of rotatable bonds is 3. The number of aromatic nitrogens is 1. The third-order valence-electron chi connectivity index (χ3n) is 2.28. The number of anilines is 1. The summed E-state index contributed by atoms with van der Waals surface area (Å²) in [6.45, 7) is 0. The molecule has 90 valence electrons. The third-order valence-corrected chi connectivity index (χ3v) is 2.28. The molecule has 1 N–H and O–H groups in total. The fraction of sp³-hybridized carbons (Fsp3) is 0. The molecule has 1 amide bonds. The van der Waals surface area contributed by atoms with Crippen molar-refractivity contribution in [1.29, 1.82) is 0 Å². The topological polar surface area (TPSA) is 85.1 Å². The van der Waals surface area contributed by atoms with Crippen molar-refractivity contribution >= 4 is 17.3 Å². The summed E-state index contributed by atoms with van der Waals surface area (Å²) in [5.41, 5.74) is 0.961. The molecule has 6 nitrogen and oxygen atoms in total. The van der Waals surface area contributed by atoms with Crippen LogP contribution in [0.4, 0.5) is 11.4 Å². The Morgan fingerprint density at radius 1 is 1.11 bits per heavy atom. The van der Waals surface area contributed by atoms with Crippen molar-refractivity contribution in [3.05, 3.63) is 64.5 Å². The number of hydrogen-bond acceptors (Lipinski definition) is 4. The van der Waals surface area contributed by atoms with Gasteiger partial charge in [0.25, 0.3) is 11.6 Å². The average molecular weight is 243 g/mol. The van der Waals surface area contributed by atoms with Crippen LogP contribution in [0.1, 0.15) is 10.4 Å². The first-order valence-electron chi connectivity index (χ1n) is 5.12. The Kier molecular flexibility index (Phi) is 3.29. The van der Waals surface area contributed by atoms with Crippen LogP contribution in [0.5, 0.6) is 0 Å². The highest BCUT2D eigenvalue weighted by Crippen LogP contribution is 2.16. The molecule has 0 aliphatic carbocycles. The van der Waals surface area contributed by atoms with Crippen molar-refractivity contribution < 1.29 is 9.72 Å². The van der Waals surface area contributed by atoms with Gasteiger partial charge in [0.15, 0.2) is 0 Å². The van der Waals surface area contributed by atoms with E-state index in [-0.39, 0.29) is 11.6 Å². The van der Waals surface area contributed by atoms with Gasteiger partial charge in [0.2, 0.25) is 0 Å². The minimum absolute atomic E-state index is 0.0167. The highest BCUT2D eigenvalue weighted by Gasteiger charge is 2.07. The molecule has 6 heteroatoms. The highest BCUT2D eigenvalue weighted by molar-refractivity contribution is 6.04. The van der Waals surface area contributed by atoms with Gasteiger partial charge in [-0.1, -0.05) is 0 Å². The summed E-state index contributed by atoms with van der Waals surface area (Å²) in [5, 5.41) is 13.1. The van der Waals surface area contributed by atoms with E-state index in [2.05, 4.69) is 10.3 Å². The first-order valence-corrected chi connectivity index (χ1v) is 5.12. The molecule has 0 spiro atoms. The Morgan fingerprint density at radius 2 is 1.72 bits per heavy atom. The van der Waals surface area contributed by atoms with Crippen LogP contribution in [0.3, 0.4) is 0 Å². The van der Waals surface area contributed by atoms with Crippen molar-refractivity contribution in [3.63, 3.8) is 0 Å². The standard InChI is InChI=1S/C12H9N3O3/c16-12(9-5-7-13-8-6-9)14-10-1-3-11(4-2-10)15(17)18/h1-8H,(H,14,16). The molecule has 0 aliphatic rings. The minimum Gasteiger partial charge on any atom is -0.322 e. The number of nitro groups is 1. The van der Waals surface area contributed by atoms with E-state index in [1.807, 2.05) is 0 Å². The first-order chi connectivity index (χ1) is 8.66. The molecular formula is C12H9N3O3. The number of amides is 1. The number of carbonyl (C=O) groups is 1. The van der Waals surface area contributed by atoms with E-state index in [0.29, 0.717) is 11.3 Å². The number of non-ortho nitro benzene ring substituents is 1. The number of benzene rings is 1. The molecule has 1 aromatic heterocycles. The summed E-state index contributed by atoms with van der Waals surface area (Å²) in [6.07, 6.45) is 3.04. The first kappa shape index (κ1) is 11.7. The molecule has 1 heterocycles. The molecule has 0 unspecified atom stereocenters. The van der Waals surface area contributed by atoms with E-state index in [0.717, 1.165) is 0 Å². The second kappa shape index (κ2) is 5.05. The van der Waals surface area contributed by atoms with E-state index in [4.69, 9.17) is 0 Å². The van der Waals surface area contributed by atoms with Crippen molar-refractivity contribution in [2.24, 2.45) is 0 Å². The quantitative estimate of drug-likeness (QED) is 0.661. The smallest absolute Gasteiger partial charge is 0.269 e. The molecule has 0 fully saturated rings. The Morgan fingerprint density at radius 3 is 2.28 bits per heavy atom. The maximum atomic E-state index is 11.8. The molecule has 0 saturated carbocycles. The lowest BCUT2D eigenvalue weighted by molar-refractivity contribution is -0.384. The lowest BCUT2D eigenvalue weighted by Gasteiger charge is -2.04. The van der Waals surface area contributed by atoms with Crippen LogP contribution in [-0.4, -0.2) is 15.8 Å². The van der Waals surface area contributed by atoms with E-state index >= 15 is 0 Å². The van der Waals surface area contributed by atoms with Crippen LogP contribution < -0.4 is 5.32 Å². The SMILES string of the molecule is O=C(Nc1ccc([N+](=O)[O-])cc1)c1ccncc1. The fourth-order valence-electron chi connectivity index (χ4n) is 1.37. The van der Waals surface area contributed by atoms with Crippen LogP contribution in [0.15, 0.2) is 48.8 Å². The lowest BCUT2D eigenvalue weighted by atomic mass is 10.2. The third kappa shape index (κ3) is 2.67. The molecule has 0 aliphatic heterocycles. The van der Waals surface area contributed by atoms with Gasteiger partial charge in [0.05, 0.1) is 4.92 Å². The number of nitrogens with one attached hydrogen (secondary N) is 1. The fourth-order valence-corrected chi connectivity index (χ4v) is 1.37. The van der Waals surface area contributed by atoms with Crippen LogP contribution in [0, 0.1) is 10.1 Å². The van der Waals surface area contributed by atoms with Crippen LogP contribution in [0.25, 0.3) is 0 Å². The summed E-state index contributed by atoms with van der Waals surface area (Å²) in [5.74, 6) is -0.286. The average Bonchev–Trinajstić information content (AvgIpc) is 2.40. The summed E-state index contributed by atoms with van der Waals surface area (Å²) in [4.78, 5) is 25.5. The van der Waals surface area contributed by atoms with Gasteiger partial charge in [-0.3, -0.25) is 19.9 Å². The van der Waals surface area contributed by atoms with Gasteiger partial charge in [-0.25, -0.2) is 0 Å². The number of carbonyl (C=O) groups excluding carboxylic acids is 1. The molecule has 18 heavy (non-hydrogen) atoms. The zero-order chi connectivity index (χ0) is 13.0. The molecule has 0 saturated heterocycles. The number of pyridine rings is 1. The monoisotopic (exact) mass is 243 g/mol. The predicted octanol–water partition coefficient (Wildman–Crippen LogP) is 2.24.